The third-order valence-corrected chi connectivity index (χ3v) is 10.6. The SMILES string of the molecule is CC(C)N1CC2N(C(=O)C(NC(=O)OCc3ccccc3)CN2S(=O)(=O)c2cc(Cl)ccc2Cl)C(Cc2ccc(Cl)cc2)C1=O. The molecule has 5 rings (SSSR count). The van der Waals surface area contributed by atoms with Crippen LogP contribution in [0.5, 0.6) is 0 Å². The molecule has 45 heavy (non-hydrogen) atoms. The number of carbonyl (C=O) groups excluding carboxylic acids is 3. The van der Waals surface area contributed by atoms with Crippen LogP contribution in [0.2, 0.25) is 15.1 Å². The van der Waals surface area contributed by atoms with E-state index in [1.54, 1.807) is 53.4 Å². The zero-order valence-electron chi connectivity index (χ0n) is 24.4. The summed E-state index contributed by atoms with van der Waals surface area (Å²) in [7, 11) is -4.43. The van der Waals surface area contributed by atoms with Crippen molar-refractivity contribution < 1.29 is 27.5 Å². The van der Waals surface area contributed by atoms with Crippen molar-refractivity contribution in [3.8, 4) is 0 Å². The molecule has 0 aliphatic carbocycles. The van der Waals surface area contributed by atoms with Crippen molar-refractivity contribution in [2.24, 2.45) is 0 Å². The van der Waals surface area contributed by atoms with Crippen LogP contribution >= 0.6 is 34.8 Å². The van der Waals surface area contributed by atoms with Gasteiger partial charge >= 0.3 is 6.09 Å². The van der Waals surface area contributed by atoms with E-state index in [9.17, 15) is 22.8 Å². The Kier molecular flexibility index (Phi) is 9.95. The number of hydrogen-bond donors (Lipinski definition) is 1. The number of nitrogens with one attached hydrogen (secondary N) is 1. The minimum atomic E-state index is -4.43. The molecule has 3 unspecified atom stereocenters. The van der Waals surface area contributed by atoms with E-state index in [1.807, 2.05) is 19.9 Å². The fourth-order valence-electron chi connectivity index (χ4n) is 5.53. The summed E-state index contributed by atoms with van der Waals surface area (Å²) in [6.45, 7) is 3.04. The zero-order chi connectivity index (χ0) is 32.5. The first-order valence-corrected chi connectivity index (χ1v) is 16.8. The number of fused-ring (bicyclic) bond motifs is 1. The highest BCUT2D eigenvalue weighted by atomic mass is 35.5. The van der Waals surface area contributed by atoms with Crippen LogP contribution in [0.3, 0.4) is 0 Å². The van der Waals surface area contributed by atoms with E-state index in [0.717, 1.165) is 9.87 Å². The van der Waals surface area contributed by atoms with E-state index in [4.69, 9.17) is 39.5 Å². The number of rotatable bonds is 8. The fourth-order valence-corrected chi connectivity index (χ4v) is 7.98. The number of alkyl carbamates (subject to hydrolysis) is 1. The molecule has 1 N–H and O–H groups in total. The van der Waals surface area contributed by atoms with E-state index < -0.39 is 46.8 Å². The number of amides is 3. The van der Waals surface area contributed by atoms with Gasteiger partial charge in [0.2, 0.25) is 21.8 Å². The largest absolute Gasteiger partial charge is 0.445 e. The number of carbonyl (C=O) groups is 3. The van der Waals surface area contributed by atoms with Gasteiger partial charge in [-0.25, -0.2) is 13.2 Å². The van der Waals surface area contributed by atoms with Gasteiger partial charge < -0.3 is 19.9 Å². The van der Waals surface area contributed by atoms with Gasteiger partial charge in [-0.1, -0.05) is 77.3 Å². The number of benzene rings is 3. The van der Waals surface area contributed by atoms with E-state index in [1.165, 1.54) is 23.1 Å². The second-order valence-electron chi connectivity index (χ2n) is 11.1. The van der Waals surface area contributed by atoms with E-state index in [2.05, 4.69) is 5.32 Å². The molecule has 10 nitrogen and oxygen atoms in total. The predicted octanol–water partition coefficient (Wildman–Crippen LogP) is 4.96. The number of nitrogens with zero attached hydrogens (tertiary/aromatic N) is 3. The molecule has 14 heteroatoms. The summed E-state index contributed by atoms with van der Waals surface area (Å²) in [5.41, 5.74) is 1.43. The van der Waals surface area contributed by atoms with Crippen LogP contribution in [0, 0.1) is 0 Å². The number of hydrogen-bond acceptors (Lipinski definition) is 6. The summed E-state index contributed by atoms with van der Waals surface area (Å²) >= 11 is 18.6. The maximum Gasteiger partial charge on any atom is 0.408 e. The second-order valence-corrected chi connectivity index (χ2v) is 14.2. The van der Waals surface area contributed by atoms with Gasteiger partial charge in [-0.3, -0.25) is 9.59 Å². The Balaban J connectivity index is 1.54. The Morgan fingerprint density at radius 3 is 2.24 bits per heavy atom. The number of ether oxygens (including phenoxy) is 1. The molecular weight excluding hydrogens is 663 g/mol. The molecule has 2 saturated heterocycles. The molecule has 0 aromatic heterocycles. The molecule has 3 aromatic rings. The van der Waals surface area contributed by atoms with E-state index in [0.29, 0.717) is 10.6 Å². The number of piperazine rings is 1. The maximum atomic E-state index is 14.3. The molecule has 0 saturated carbocycles. The summed E-state index contributed by atoms with van der Waals surface area (Å²) in [5.74, 6) is -0.967. The molecular formula is C31H31Cl3N4O6S. The lowest BCUT2D eigenvalue weighted by Crippen LogP contribution is -2.76. The summed E-state index contributed by atoms with van der Waals surface area (Å²) in [5, 5.41) is 3.11. The van der Waals surface area contributed by atoms with E-state index >= 15 is 0 Å². The maximum absolute atomic E-state index is 14.3. The molecule has 3 aromatic carbocycles. The van der Waals surface area contributed by atoms with Crippen molar-refractivity contribution in [1.82, 2.24) is 19.4 Å². The Bertz CT molecular complexity index is 1690. The first-order chi connectivity index (χ1) is 21.4. The Morgan fingerprint density at radius 1 is 0.911 bits per heavy atom. The highest BCUT2D eigenvalue weighted by molar-refractivity contribution is 7.89. The van der Waals surface area contributed by atoms with Gasteiger partial charge in [0, 0.05) is 29.1 Å². The normalized spacial score (nSPS) is 20.7. The third kappa shape index (κ3) is 7.07. The lowest BCUT2D eigenvalue weighted by Gasteiger charge is -2.54. The fraction of sp³-hybridized carbons (Fsp3) is 0.323. The molecule has 0 radical (unpaired) electrons. The first kappa shape index (κ1) is 33.0. The Morgan fingerprint density at radius 2 is 1.58 bits per heavy atom. The third-order valence-electron chi connectivity index (χ3n) is 7.78. The van der Waals surface area contributed by atoms with Crippen LogP contribution < -0.4 is 5.32 Å². The standard InChI is InChI=1S/C31H31Cl3N4O6S/c1-19(2)36-17-28-37(45(42,43)27-15-23(33)12-13-24(27)34)16-25(35-31(41)44-18-21-6-4-3-5-7-21)29(39)38(28)26(30(36)40)14-20-8-10-22(32)11-9-20/h3-13,15,19,25-26,28H,14,16-18H2,1-2H3,(H,35,41). The molecule has 2 aliphatic rings. The molecule has 3 amide bonds. The smallest absolute Gasteiger partial charge is 0.408 e. The highest BCUT2D eigenvalue weighted by Gasteiger charge is 2.54. The zero-order valence-corrected chi connectivity index (χ0v) is 27.5. The van der Waals surface area contributed by atoms with Crippen molar-refractivity contribution >= 4 is 62.7 Å². The summed E-state index contributed by atoms with van der Waals surface area (Å²) in [4.78, 5) is 43.6. The van der Waals surface area contributed by atoms with Crippen molar-refractivity contribution in [3.05, 3.63) is 99.0 Å². The Labute approximate surface area is 276 Å². The minimum Gasteiger partial charge on any atom is -0.445 e. The average Bonchev–Trinajstić information content (AvgIpc) is 3.01. The van der Waals surface area contributed by atoms with Crippen molar-refractivity contribution in [3.63, 3.8) is 0 Å². The molecule has 3 atom stereocenters. The van der Waals surface area contributed by atoms with Crippen LogP contribution in [0.1, 0.15) is 25.0 Å². The van der Waals surface area contributed by atoms with Gasteiger partial charge in [0.15, 0.2) is 0 Å². The van der Waals surface area contributed by atoms with E-state index in [-0.39, 0.29) is 46.5 Å². The summed E-state index contributed by atoms with van der Waals surface area (Å²) < 4.78 is 35.1. The van der Waals surface area contributed by atoms with Crippen LogP contribution in [0.25, 0.3) is 0 Å². The van der Waals surface area contributed by atoms with Crippen molar-refractivity contribution in [2.75, 3.05) is 13.1 Å². The number of halogens is 3. The highest BCUT2D eigenvalue weighted by Crippen LogP contribution is 2.35. The first-order valence-electron chi connectivity index (χ1n) is 14.2. The van der Waals surface area contributed by atoms with Crippen LogP contribution in [-0.2, 0) is 37.4 Å². The monoisotopic (exact) mass is 692 g/mol. The van der Waals surface area contributed by atoms with Gasteiger partial charge in [0.1, 0.15) is 29.8 Å². The quantitative estimate of drug-likeness (QED) is 0.357. The summed E-state index contributed by atoms with van der Waals surface area (Å²) in [6.07, 6.45) is -1.94. The lowest BCUT2D eigenvalue weighted by molar-refractivity contribution is -0.168. The second kappa shape index (κ2) is 13.6. The molecule has 238 valence electrons. The molecule has 2 fully saturated rings. The minimum absolute atomic E-state index is 0.0684. The number of sulfonamides is 1. The lowest BCUT2D eigenvalue weighted by atomic mass is 9.96. The van der Waals surface area contributed by atoms with Gasteiger partial charge in [0.05, 0.1) is 11.6 Å². The van der Waals surface area contributed by atoms with Crippen LogP contribution in [0.4, 0.5) is 4.79 Å². The van der Waals surface area contributed by atoms with Gasteiger partial charge in [-0.2, -0.15) is 4.31 Å². The summed E-state index contributed by atoms with van der Waals surface area (Å²) in [6, 6.07) is 17.1. The van der Waals surface area contributed by atoms with Crippen LogP contribution in [-0.4, -0.2) is 77.8 Å². The topological polar surface area (TPSA) is 116 Å². The van der Waals surface area contributed by atoms with Crippen LogP contribution in [0.15, 0.2) is 77.7 Å². The molecule has 2 heterocycles. The molecule has 2 aliphatic heterocycles. The van der Waals surface area contributed by atoms with Gasteiger partial charge in [-0.05, 0) is 55.3 Å². The van der Waals surface area contributed by atoms with Gasteiger partial charge in [-0.15, -0.1) is 0 Å². The predicted molar refractivity (Wildman–Crippen MR) is 170 cm³/mol. The molecule has 0 spiro atoms. The average molecular weight is 694 g/mol. The Hall–Kier alpha value is -3.35. The van der Waals surface area contributed by atoms with Crippen molar-refractivity contribution in [2.45, 2.75) is 56.1 Å². The van der Waals surface area contributed by atoms with Crippen molar-refractivity contribution in [1.29, 1.82) is 0 Å². The molecule has 0 bridgehead atoms. The van der Waals surface area contributed by atoms with Gasteiger partial charge in [0.25, 0.3) is 0 Å².